The Balaban J connectivity index is 2.17. The standard InChI is InChI=1S/C16H14N2O3/c1-16(11-17(20)21)13-9-5-6-10-14(13)18(15(16)19)12-7-3-2-4-8-12/h2-10H,11H2,1H3/t16-/m1/s1. The minimum Gasteiger partial charge on any atom is -0.280 e. The maximum absolute atomic E-state index is 12.8. The van der Waals surface area contributed by atoms with Crippen LogP contribution in [-0.4, -0.2) is 17.4 Å². The van der Waals surface area contributed by atoms with Gasteiger partial charge in [0.25, 0.3) is 0 Å². The van der Waals surface area contributed by atoms with Crippen LogP contribution in [0.25, 0.3) is 0 Å². The first kappa shape index (κ1) is 13.3. The lowest BCUT2D eigenvalue weighted by molar-refractivity contribution is -0.487. The first-order valence-corrected chi connectivity index (χ1v) is 6.65. The van der Waals surface area contributed by atoms with E-state index in [-0.39, 0.29) is 5.91 Å². The summed E-state index contributed by atoms with van der Waals surface area (Å²) in [6.45, 7) is 1.23. The molecule has 0 bridgehead atoms. The lowest BCUT2D eigenvalue weighted by atomic mass is 9.84. The zero-order valence-electron chi connectivity index (χ0n) is 11.5. The van der Waals surface area contributed by atoms with E-state index in [9.17, 15) is 14.9 Å². The number of hydrogen-bond acceptors (Lipinski definition) is 3. The molecule has 1 amide bonds. The molecule has 0 aromatic heterocycles. The van der Waals surface area contributed by atoms with Gasteiger partial charge in [0.15, 0.2) is 0 Å². The summed E-state index contributed by atoms with van der Waals surface area (Å²) in [4.78, 5) is 25.0. The molecule has 0 N–H and O–H groups in total. The predicted octanol–water partition coefficient (Wildman–Crippen LogP) is 2.90. The lowest BCUT2D eigenvalue weighted by Gasteiger charge is -2.21. The molecule has 0 saturated carbocycles. The molecule has 0 fully saturated rings. The van der Waals surface area contributed by atoms with Gasteiger partial charge in [0.1, 0.15) is 5.41 Å². The Hall–Kier alpha value is -2.69. The van der Waals surface area contributed by atoms with Gasteiger partial charge in [-0.3, -0.25) is 19.8 Å². The monoisotopic (exact) mass is 282 g/mol. The molecule has 0 aliphatic carbocycles. The van der Waals surface area contributed by atoms with Crippen LogP contribution in [0.4, 0.5) is 11.4 Å². The molecule has 5 nitrogen and oxygen atoms in total. The van der Waals surface area contributed by atoms with Gasteiger partial charge in [-0.25, -0.2) is 0 Å². The molecule has 0 spiro atoms. The van der Waals surface area contributed by atoms with Gasteiger partial charge in [0, 0.05) is 10.6 Å². The van der Waals surface area contributed by atoms with Crippen LogP contribution in [0.3, 0.4) is 0 Å². The third-order valence-corrected chi connectivity index (χ3v) is 3.87. The molecule has 106 valence electrons. The molecule has 2 aromatic rings. The maximum atomic E-state index is 12.8. The van der Waals surface area contributed by atoms with E-state index in [0.717, 1.165) is 11.4 Å². The summed E-state index contributed by atoms with van der Waals surface area (Å²) in [5.41, 5.74) is 1.02. The Kier molecular flexibility index (Phi) is 2.97. The summed E-state index contributed by atoms with van der Waals surface area (Å²) in [6, 6.07) is 16.5. The molecular weight excluding hydrogens is 268 g/mol. The summed E-state index contributed by atoms with van der Waals surface area (Å²) < 4.78 is 0. The SMILES string of the molecule is C[C@]1(C[N+](=O)[O-])C(=O)N(c2ccccc2)c2ccccc21. The van der Waals surface area contributed by atoms with Crippen molar-refractivity contribution in [2.24, 2.45) is 0 Å². The van der Waals surface area contributed by atoms with Crippen molar-refractivity contribution in [3.05, 3.63) is 70.3 Å². The van der Waals surface area contributed by atoms with Gasteiger partial charge in [-0.2, -0.15) is 0 Å². The molecule has 3 rings (SSSR count). The highest BCUT2D eigenvalue weighted by Crippen LogP contribution is 2.45. The molecule has 1 atom stereocenters. The molecule has 21 heavy (non-hydrogen) atoms. The second kappa shape index (κ2) is 4.70. The zero-order valence-corrected chi connectivity index (χ0v) is 11.5. The molecule has 0 saturated heterocycles. The normalized spacial score (nSPS) is 20.4. The number of carbonyl (C=O) groups is 1. The van der Waals surface area contributed by atoms with Gasteiger partial charge in [-0.1, -0.05) is 36.4 Å². The number of amides is 1. The van der Waals surface area contributed by atoms with E-state index >= 15 is 0 Å². The predicted molar refractivity (Wildman–Crippen MR) is 79.2 cm³/mol. The number of hydrogen-bond donors (Lipinski definition) is 0. The minimum absolute atomic E-state index is 0.258. The van der Waals surface area contributed by atoms with Crippen molar-refractivity contribution >= 4 is 17.3 Å². The van der Waals surface area contributed by atoms with Crippen LogP contribution in [0.1, 0.15) is 12.5 Å². The fourth-order valence-corrected chi connectivity index (χ4v) is 2.85. The topological polar surface area (TPSA) is 63.5 Å². The molecule has 5 heteroatoms. The Morgan fingerprint density at radius 1 is 1.10 bits per heavy atom. The largest absolute Gasteiger partial charge is 0.280 e. The van der Waals surface area contributed by atoms with Gasteiger partial charge in [-0.05, 0) is 30.7 Å². The third kappa shape index (κ3) is 1.98. The highest BCUT2D eigenvalue weighted by Gasteiger charge is 2.51. The summed E-state index contributed by atoms with van der Waals surface area (Å²) in [7, 11) is 0. The second-order valence-corrected chi connectivity index (χ2v) is 5.32. The van der Waals surface area contributed by atoms with Crippen molar-refractivity contribution in [3.8, 4) is 0 Å². The van der Waals surface area contributed by atoms with Crippen LogP contribution in [0.2, 0.25) is 0 Å². The fourth-order valence-electron chi connectivity index (χ4n) is 2.85. The Morgan fingerprint density at radius 2 is 1.71 bits per heavy atom. The Morgan fingerprint density at radius 3 is 2.38 bits per heavy atom. The summed E-state index contributed by atoms with van der Waals surface area (Å²) in [5, 5.41) is 11.0. The van der Waals surface area contributed by atoms with Crippen LogP contribution in [0.5, 0.6) is 0 Å². The molecule has 1 aliphatic heterocycles. The number of nitrogens with zero attached hydrogens (tertiary/aromatic N) is 2. The summed E-state index contributed by atoms with van der Waals surface area (Å²) >= 11 is 0. The quantitative estimate of drug-likeness (QED) is 0.642. The number of carbonyl (C=O) groups excluding carboxylic acids is 1. The van der Waals surface area contributed by atoms with Crippen molar-refractivity contribution in [1.29, 1.82) is 0 Å². The van der Waals surface area contributed by atoms with Crippen molar-refractivity contribution in [2.45, 2.75) is 12.3 Å². The van der Waals surface area contributed by atoms with E-state index in [1.807, 2.05) is 42.5 Å². The van der Waals surface area contributed by atoms with Crippen molar-refractivity contribution in [1.82, 2.24) is 0 Å². The molecule has 1 aliphatic rings. The maximum Gasteiger partial charge on any atom is 0.248 e. The summed E-state index contributed by atoms with van der Waals surface area (Å²) in [6.07, 6.45) is 0. The van der Waals surface area contributed by atoms with E-state index in [0.29, 0.717) is 5.56 Å². The van der Waals surface area contributed by atoms with Crippen LogP contribution in [0, 0.1) is 10.1 Å². The molecule has 1 heterocycles. The van der Waals surface area contributed by atoms with E-state index < -0.39 is 16.9 Å². The Bertz CT molecular complexity index is 714. The average molecular weight is 282 g/mol. The molecule has 0 radical (unpaired) electrons. The fraction of sp³-hybridized carbons (Fsp3) is 0.188. The van der Waals surface area contributed by atoms with Crippen molar-refractivity contribution in [3.63, 3.8) is 0 Å². The van der Waals surface area contributed by atoms with Crippen LogP contribution in [0.15, 0.2) is 54.6 Å². The number of benzene rings is 2. The van der Waals surface area contributed by atoms with Gasteiger partial charge in [0.05, 0.1) is 5.69 Å². The lowest BCUT2D eigenvalue weighted by Crippen LogP contribution is -2.41. The van der Waals surface area contributed by atoms with E-state index in [4.69, 9.17) is 0 Å². The van der Waals surface area contributed by atoms with Crippen LogP contribution >= 0.6 is 0 Å². The van der Waals surface area contributed by atoms with E-state index in [1.54, 1.807) is 24.0 Å². The van der Waals surface area contributed by atoms with Gasteiger partial charge < -0.3 is 0 Å². The average Bonchev–Trinajstić information content (AvgIpc) is 2.68. The highest BCUT2D eigenvalue weighted by atomic mass is 16.6. The van der Waals surface area contributed by atoms with Gasteiger partial charge >= 0.3 is 0 Å². The molecule has 2 aromatic carbocycles. The minimum atomic E-state index is -1.13. The molecular formula is C16H14N2O3. The van der Waals surface area contributed by atoms with E-state index in [1.165, 1.54) is 0 Å². The van der Waals surface area contributed by atoms with Crippen molar-refractivity contribution in [2.75, 3.05) is 11.4 Å². The number of nitro groups is 1. The van der Waals surface area contributed by atoms with Gasteiger partial charge in [-0.15, -0.1) is 0 Å². The van der Waals surface area contributed by atoms with Crippen LogP contribution in [-0.2, 0) is 10.2 Å². The molecule has 0 unspecified atom stereocenters. The van der Waals surface area contributed by atoms with Crippen LogP contribution < -0.4 is 4.90 Å². The second-order valence-electron chi connectivity index (χ2n) is 5.32. The number of rotatable bonds is 3. The number of fused-ring (bicyclic) bond motifs is 1. The third-order valence-electron chi connectivity index (χ3n) is 3.87. The van der Waals surface area contributed by atoms with Gasteiger partial charge in [0.2, 0.25) is 12.5 Å². The van der Waals surface area contributed by atoms with E-state index in [2.05, 4.69) is 0 Å². The number of para-hydroxylation sites is 2. The zero-order chi connectivity index (χ0) is 15.0. The number of anilines is 2. The van der Waals surface area contributed by atoms with Crippen molar-refractivity contribution < 1.29 is 9.72 Å². The summed E-state index contributed by atoms with van der Waals surface area (Å²) in [5.74, 6) is -0.258. The highest BCUT2D eigenvalue weighted by molar-refractivity contribution is 6.12. The first-order valence-electron chi connectivity index (χ1n) is 6.65. The first-order chi connectivity index (χ1) is 10.0. The smallest absolute Gasteiger partial charge is 0.248 e. The Labute approximate surface area is 122 Å².